The van der Waals surface area contributed by atoms with Crippen LogP contribution in [0.3, 0.4) is 0 Å². The Hall–Kier alpha value is -4.00. The number of benzene rings is 1. The molecule has 3 aromatic rings. The summed E-state index contributed by atoms with van der Waals surface area (Å²) in [7, 11) is 0. The van der Waals surface area contributed by atoms with Crippen LogP contribution >= 0.6 is 0 Å². The van der Waals surface area contributed by atoms with E-state index in [1.807, 2.05) is 6.92 Å². The van der Waals surface area contributed by atoms with Crippen molar-refractivity contribution >= 4 is 22.8 Å². The standard InChI is InChI=1S/C30H36N4O8/c1-6-15-16-13-34-20(12-18-17(26(34)37)14-40-27(38)29(18,39)7-2)24(16)33-19-8-9-21(35)25(23(15)19)42-30(31,32)11-10-22(36)41-28(3,4)5/h8-9,12,35,39H,6-7,10-11,13-14,31-32H2,1-5H3/t29-/m0/s1. The molecule has 12 heteroatoms. The number of hydrogen-bond donors (Lipinski definition) is 4. The first-order valence-corrected chi connectivity index (χ1v) is 13.9. The molecule has 1 aromatic carbocycles. The predicted octanol–water partition coefficient (Wildman–Crippen LogP) is 2.42. The molecule has 0 amide bonds. The third kappa shape index (κ3) is 4.89. The molecular formula is C30H36N4O8. The molecule has 0 bridgehead atoms. The van der Waals surface area contributed by atoms with Gasteiger partial charge in [-0.15, -0.1) is 0 Å². The van der Waals surface area contributed by atoms with Crippen LogP contribution in [0.25, 0.3) is 22.3 Å². The second kappa shape index (κ2) is 10.1. The van der Waals surface area contributed by atoms with Gasteiger partial charge >= 0.3 is 11.9 Å². The van der Waals surface area contributed by atoms with E-state index in [1.165, 1.54) is 6.07 Å². The van der Waals surface area contributed by atoms with Crippen molar-refractivity contribution in [1.82, 2.24) is 9.55 Å². The van der Waals surface area contributed by atoms with E-state index in [0.29, 0.717) is 28.7 Å². The molecule has 0 radical (unpaired) electrons. The number of carbonyl (C=O) groups is 2. The summed E-state index contributed by atoms with van der Waals surface area (Å²) in [6.07, 6.45) is 0.312. The maximum atomic E-state index is 13.6. The number of pyridine rings is 2. The number of aromatic hydroxyl groups is 1. The van der Waals surface area contributed by atoms with Crippen LogP contribution < -0.4 is 21.8 Å². The molecule has 0 unspecified atom stereocenters. The van der Waals surface area contributed by atoms with E-state index in [1.54, 1.807) is 44.4 Å². The summed E-state index contributed by atoms with van der Waals surface area (Å²) in [5, 5.41) is 22.5. The van der Waals surface area contributed by atoms with Crippen molar-refractivity contribution in [3.05, 3.63) is 50.8 Å². The summed E-state index contributed by atoms with van der Waals surface area (Å²) in [5.74, 6) is -3.32. The van der Waals surface area contributed by atoms with Gasteiger partial charge in [0, 0.05) is 22.9 Å². The highest BCUT2D eigenvalue weighted by Crippen LogP contribution is 2.44. The summed E-state index contributed by atoms with van der Waals surface area (Å²) in [5.41, 5.74) is 12.8. The lowest BCUT2D eigenvalue weighted by Gasteiger charge is -2.31. The lowest BCUT2D eigenvalue weighted by Crippen LogP contribution is -2.55. The van der Waals surface area contributed by atoms with Crippen molar-refractivity contribution < 1.29 is 34.0 Å². The van der Waals surface area contributed by atoms with Crippen LogP contribution in [0.5, 0.6) is 11.5 Å². The normalized spacial score (nSPS) is 17.9. The molecule has 5 rings (SSSR count). The van der Waals surface area contributed by atoms with E-state index in [9.17, 15) is 24.6 Å². The zero-order chi connectivity index (χ0) is 30.8. The van der Waals surface area contributed by atoms with E-state index < -0.39 is 29.0 Å². The fraction of sp³-hybridized carbons (Fsp3) is 0.467. The molecule has 2 aliphatic heterocycles. The third-order valence-corrected chi connectivity index (χ3v) is 7.69. The van der Waals surface area contributed by atoms with Crippen molar-refractivity contribution in [3.8, 4) is 22.9 Å². The number of phenols is 1. The number of hydrogen-bond acceptors (Lipinski definition) is 11. The molecule has 12 nitrogen and oxygen atoms in total. The molecule has 0 spiro atoms. The van der Waals surface area contributed by atoms with Gasteiger partial charge in [-0.25, -0.2) is 9.78 Å². The van der Waals surface area contributed by atoms with Crippen molar-refractivity contribution in [3.63, 3.8) is 0 Å². The summed E-state index contributed by atoms with van der Waals surface area (Å²) in [4.78, 5) is 43.2. The van der Waals surface area contributed by atoms with Gasteiger partial charge in [0.15, 0.2) is 17.1 Å². The molecular weight excluding hydrogens is 544 g/mol. The fourth-order valence-corrected chi connectivity index (χ4v) is 5.65. The largest absolute Gasteiger partial charge is 0.504 e. The number of nitrogens with two attached hydrogens (primary N) is 2. The van der Waals surface area contributed by atoms with E-state index in [2.05, 4.69) is 0 Å². The highest BCUT2D eigenvalue weighted by molar-refractivity contribution is 5.95. The molecule has 6 N–H and O–H groups in total. The molecule has 42 heavy (non-hydrogen) atoms. The van der Waals surface area contributed by atoms with Gasteiger partial charge in [-0.3, -0.25) is 21.1 Å². The van der Waals surface area contributed by atoms with Crippen LogP contribution in [-0.2, 0) is 44.2 Å². The topological polar surface area (TPSA) is 189 Å². The molecule has 0 fully saturated rings. The molecule has 0 aliphatic carbocycles. The number of aromatic nitrogens is 2. The third-order valence-electron chi connectivity index (χ3n) is 7.69. The van der Waals surface area contributed by atoms with Crippen LogP contribution in [0.15, 0.2) is 23.0 Å². The Morgan fingerprint density at radius 3 is 2.55 bits per heavy atom. The molecule has 224 valence electrons. The number of nitrogens with zero attached hydrogens (tertiary/aromatic N) is 2. The Bertz CT molecular complexity index is 1690. The highest BCUT2D eigenvalue weighted by Gasteiger charge is 2.45. The maximum absolute atomic E-state index is 13.6. The molecule has 2 aliphatic rings. The van der Waals surface area contributed by atoms with Crippen molar-refractivity contribution in [1.29, 1.82) is 0 Å². The predicted molar refractivity (Wildman–Crippen MR) is 152 cm³/mol. The number of ether oxygens (including phenoxy) is 3. The number of aryl methyl sites for hydroxylation is 1. The van der Waals surface area contributed by atoms with Gasteiger partial charge in [0.25, 0.3) is 5.56 Å². The molecule has 0 saturated carbocycles. The Kier molecular flexibility index (Phi) is 7.07. The van der Waals surface area contributed by atoms with Crippen molar-refractivity contribution in [2.45, 2.75) is 90.5 Å². The SMILES string of the molecule is CCc1c2c(nc3ccc(O)c(OC(N)(N)CCC(=O)OC(C)(C)C)c13)-c1cc3c(c(=O)n1C2)COC(=O)[C@]3(O)CC. The number of cyclic esters (lactones) is 1. The monoisotopic (exact) mass is 580 g/mol. The highest BCUT2D eigenvalue weighted by atomic mass is 16.6. The van der Waals surface area contributed by atoms with Gasteiger partial charge in [-0.2, -0.15) is 0 Å². The summed E-state index contributed by atoms with van der Waals surface area (Å²) in [6, 6.07) is 4.66. The van der Waals surface area contributed by atoms with E-state index in [0.717, 1.165) is 11.1 Å². The summed E-state index contributed by atoms with van der Waals surface area (Å²) >= 11 is 0. The number of phenolic OH excluding ortho intramolecular Hbond substituents is 1. The second-order valence-corrected chi connectivity index (χ2v) is 11.8. The van der Waals surface area contributed by atoms with E-state index in [-0.39, 0.29) is 60.6 Å². The average Bonchev–Trinajstić information content (AvgIpc) is 3.28. The van der Waals surface area contributed by atoms with E-state index >= 15 is 0 Å². The zero-order valence-electron chi connectivity index (χ0n) is 24.4. The van der Waals surface area contributed by atoms with Crippen LogP contribution in [0, 0.1) is 0 Å². The smallest absolute Gasteiger partial charge is 0.343 e. The van der Waals surface area contributed by atoms with Crippen LogP contribution in [0.2, 0.25) is 0 Å². The molecule has 1 atom stereocenters. The molecule has 2 aromatic heterocycles. The zero-order valence-corrected chi connectivity index (χ0v) is 24.4. The van der Waals surface area contributed by atoms with Gasteiger partial charge < -0.3 is 29.0 Å². The van der Waals surface area contributed by atoms with Crippen LogP contribution in [0.1, 0.15) is 76.1 Å². The maximum Gasteiger partial charge on any atom is 0.343 e. The average molecular weight is 581 g/mol. The van der Waals surface area contributed by atoms with Gasteiger partial charge in [0.2, 0.25) is 5.85 Å². The number of aliphatic hydroxyl groups is 1. The Balaban J connectivity index is 1.60. The van der Waals surface area contributed by atoms with Gasteiger partial charge in [0.1, 0.15) is 12.2 Å². The van der Waals surface area contributed by atoms with E-state index in [4.69, 9.17) is 30.7 Å². The number of carbonyl (C=O) groups excluding carboxylic acids is 2. The Labute approximate surface area is 242 Å². The first-order valence-electron chi connectivity index (χ1n) is 13.9. The number of esters is 2. The lowest BCUT2D eigenvalue weighted by atomic mass is 9.86. The van der Waals surface area contributed by atoms with Crippen LogP contribution in [-0.4, -0.2) is 43.2 Å². The molecule has 0 saturated heterocycles. The minimum Gasteiger partial charge on any atom is -0.504 e. The fourth-order valence-electron chi connectivity index (χ4n) is 5.65. The van der Waals surface area contributed by atoms with Gasteiger partial charge in [0.05, 0.1) is 35.4 Å². The summed E-state index contributed by atoms with van der Waals surface area (Å²) in [6.45, 7) is 8.77. The minimum atomic E-state index is -1.94. The summed E-state index contributed by atoms with van der Waals surface area (Å²) < 4.78 is 18.0. The van der Waals surface area contributed by atoms with Gasteiger partial charge in [-0.05, 0) is 57.4 Å². The first kappa shape index (κ1) is 29.5. The number of rotatable bonds is 7. The first-order chi connectivity index (χ1) is 19.6. The van der Waals surface area contributed by atoms with Gasteiger partial charge in [-0.1, -0.05) is 13.8 Å². The second-order valence-electron chi connectivity index (χ2n) is 11.8. The number of fused-ring (bicyclic) bond motifs is 5. The van der Waals surface area contributed by atoms with Crippen molar-refractivity contribution in [2.24, 2.45) is 11.5 Å². The lowest BCUT2D eigenvalue weighted by molar-refractivity contribution is -0.172. The molecule has 4 heterocycles. The minimum absolute atomic E-state index is 0.00999. The van der Waals surface area contributed by atoms with Crippen molar-refractivity contribution in [2.75, 3.05) is 0 Å². The Morgan fingerprint density at radius 1 is 1.19 bits per heavy atom. The quantitative estimate of drug-likeness (QED) is 0.186. The van der Waals surface area contributed by atoms with Crippen LogP contribution in [0.4, 0.5) is 0 Å². The Morgan fingerprint density at radius 2 is 1.90 bits per heavy atom.